The Labute approximate surface area is 108 Å². The van der Waals surface area contributed by atoms with Gasteiger partial charge in [0.2, 0.25) is 0 Å². The van der Waals surface area contributed by atoms with Crippen molar-refractivity contribution in [1.82, 2.24) is 10.2 Å². The van der Waals surface area contributed by atoms with Gasteiger partial charge in [-0.25, -0.2) is 0 Å². The van der Waals surface area contributed by atoms with Gasteiger partial charge in [-0.15, -0.1) is 0 Å². The van der Waals surface area contributed by atoms with Crippen molar-refractivity contribution in [2.45, 2.75) is 0 Å². The van der Waals surface area contributed by atoms with Crippen molar-refractivity contribution < 1.29 is 14.3 Å². The Morgan fingerprint density at radius 3 is 2.56 bits per heavy atom. The van der Waals surface area contributed by atoms with Gasteiger partial charge >= 0.3 is 0 Å². The fourth-order valence-corrected chi connectivity index (χ4v) is 1.47. The molecule has 0 heterocycles. The van der Waals surface area contributed by atoms with Crippen LogP contribution in [0.1, 0.15) is 10.4 Å². The lowest BCUT2D eigenvalue weighted by molar-refractivity contribution is 0.0948. The van der Waals surface area contributed by atoms with E-state index in [1.165, 1.54) is 7.11 Å². The van der Waals surface area contributed by atoms with Crippen LogP contribution in [0, 0.1) is 0 Å². The van der Waals surface area contributed by atoms with Crippen LogP contribution < -0.4 is 14.8 Å². The highest BCUT2D eigenvalue weighted by atomic mass is 16.5. The van der Waals surface area contributed by atoms with E-state index in [9.17, 15) is 4.79 Å². The Balaban J connectivity index is 2.72. The van der Waals surface area contributed by atoms with Crippen molar-refractivity contribution in [3.63, 3.8) is 0 Å². The zero-order valence-electron chi connectivity index (χ0n) is 11.3. The number of hydrogen-bond acceptors (Lipinski definition) is 4. The smallest absolute Gasteiger partial charge is 0.255 e. The third kappa shape index (κ3) is 3.92. The lowest BCUT2D eigenvalue weighted by Gasteiger charge is -2.12. The fourth-order valence-electron chi connectivity index (χ4n) is 1.47. The number of amides is 1. The predicted octanol–water partition coefficient (Wildman–Crippen LogP) is 0.995. The molecule has 0 saturated heterocycles. The maximum absolute atomic E-state index is 12.0. The number of likely N-dealkylation sites (N-methyl/N-ethyl adjacent to an activating group) is 1. The van der Waals surface area contributed by atoms with Crippen LogP contribution in [-0.2, 0) is 0 Å². The molecule has 0 unspecified atom stereocenters. The summed E-state index contributed by atoms with van der Waals surface area (Å²) in [4.78, 5) is 14.0. The number of nitrogens with one attached hydrogen (secondary N) is 1. The molecule has 5 nitrogen and oxygen atoms in total. The summed E-state index contributed by atoms with van der Waals surface area (Å²) in [6, 6.07) is 5.13. The Morgan fingerprint density at radius 1 is 1.28 bits per heavy atom. The first kappa shape index (κ1) is 14.3. The second kappa shape index (κ2) is 6.86. The van der Waals surface area contributed by atoms with E-state index in [-0.39, 0.29) is 5.91 Å². The number of methoxy groups -OCH3 is 2. The molecule has 1 aromatic rings. The molecular formula is C13H20N2O3. The Bertz CT molecular complexity index is 405. The van der Waals surface area contributed by atoms with Gasteiger partial charge in [0.25, 0.3) is 5.91 Å². The van der Waals surface area contributed by atoms with E-state index in [0.717, 1.165) is 6.54 Å². The van der Waals surface area contributed by atoms with Crippen molar-refractivity contribution in [2.75, 3.05) is 41.4 Å². The third-order valence-corrected chi connectivity index (χ3v) is 2.50. The minimum Gasteiger partial charge on any atom is -0.497 e. The molecule has 0 atom stereocenters. The van der Waals surface area contributed by atoms with Gasteiger partial charge < -0.3 is 19.7 Å². The lowest BCUT2D eigenvalue weighted by atomic mass is 10.1. The van der Waals surface area contributed by atoms with Crippen molar-refractivity contribution >= 4 is 5.91 Å². The summed E-state index contributed by atoms with van der Waals surface area (Å²) in [5.41, 5.74) is 0.511. The van der Waals surface area contributed by atoms with Gasteiger partial charge in [0, 0.05) is 19.2 Å². The number of benzene rings is 1. The Hall–Kier alpha value is -1.75. The topological polar surface area (TPSA) is 50.8 Å². The predicted molar refractivity (Wildman–Crippen MR) is 70.4 cm³/mol. The first-order valence-corrected chi connectivity index (χ1v) is 5.73. The Morgan fingerprint density at radius 2 is 2.00 bits per heavy atom. The van der Waals surface area contributed by atoms with Gasteiger partial charge in [-0.05, 0) is 26.2 Å². The highest BCUT2D eigenvalue weighted by Gasteiger charge is 2.12. The third-order valence-electron chi connectivity index (χ3n) is 2.50. The van der Waals surface area contributed by atoms with Crippen LogP contribution in [-0.4, -0.2) is 52.2 Å². The molecule has 5 heteroatoms. The van der Waals surface area contributed by atoms with Crippen LogP contribution in [0.4, 0.5) is 0 Å². The molecule has 0 bridgehead atoms. The number of rotatable bonds is 6. The maximum atomic E-state index is 12.0. The molecule has 0 aliphatic rings. The molecule has 0 fully saturated rings. The Kier molecular flexibility index (Phi) is 5.45. The van der Waals surface area contributed by atoms with Crippen LogP contribution in [0.2, 0.25) is 0 Å². The number of ether oxygens (including phenoxy) is 2. The molecule has 0 radical (unpaired) electrons. The van der Waals surface area contributed by atoms with Crippen LogP contribution in [0.3, 0.4) is 0 Å². The normalized spacial score (nSPS) is 10.3. The monoisotopic (exact) mass is 252 g/mol. The fraction of sp³-hybridized carbons (Fsp3) is 0.462. The van der Waals surface area contributed by atoms with Gasteiger partial charge in [0.15, 0.2) is 0 Å². The van der Waals surface area contributed by atoms with Crippen LogP contribution in [0.15, 0.2) is 18.2 Å². The van der Waals surface area contributed by atoms with E-state index in [2.05, 4.69) is 5.32 Å². The molecule has 1 aromatic carbocycles. The highest BCUT2D eigenvalue weighted by Crippen LogP contribution is 2.24. The zero-order valence-corrected chi connectivity index (χ0v) is 11.3. The molecule has 0 saturated carbocycles. The summed E-state index contributed by atoms with van der Waals surface area (Å²) in [6.07, 6.45) is 0. The number of hydrogen-bond donors (Lipinski definition) is 1. The van der Waals surface area contributed by atoms with Crippen molar-refractivity contribution in [3.05, 3.63) is 23.8 Å². The SMILES string of the molecule is COc1ccc(C(=O)NCCN(C)C)c(OC)c1. The summed E-state index contributed by atoms with van der Waals surface area (Å²) in [5, 5.41) is 2.84. The summed E-state index contributed by atoms with van der Waals surface area (Å²) in [5.74, 6) is 1.03. The number of nitrogens with zero attached hydrogens (tertiary/aromatic N) is 1. The van der Waals surface area contributed by atoms with E-state index >= 15 is 0 Å². The molecule has 0 aliphatic carbocycles. The first-order chi connectivity index (χ1) is 8.58. The van der Waals surface area contributed by atoms with Crippen LogP contribution >= 0.6 is 0 Å². The molecule has 1 N–H and O–H groups in total. The molecule has 0 aromatic heterocycles. The average Bonchev–Trinajstić information content (AvgIpc) is 2.37. The summed E-state index contributed by atoms with van der Waals surface area (Å²) < 4.78 is 10.3. The van der Waals surface area contributed by atoms with Crippen molar-refractivity contribution in [2.24, 2.45) is 0 Å². The summed E-state index contributed by atoms with van der Waals surface area (Å²) >= 11 is 0. The van der Waals surface area contributed by atoms with Crippen LogP contribution in [0.5, 0.6) is 11.5 Å². The van der Waals surface area contributed by atoms with Gasteiger partial charge in [-0.3, -0.25) is 4.79 Å². The second-order valence-electron chi connectivity index (χ2n) is 4.13. The molecule has 1 amide bonds. The van der Waals surface area contributed by atoms with E-state index in [4.69, 9.17) is 9.47 Å². The molecule has 1 rings (SSSR count). The number of carbonyl (C=O) groups excluding carboxylic acids is 1. The quantitative estimate of drug-likeness (QED) is 0.820. The van der Waals surface area contributed by atoms with E-state index < -0.39 is 0 Å². The minimum atomic E-state index is -0.142. The minimum absolute atomic E-state index is 0.142. The lowest BCUT2D eigenvalue weighted by Crippen LogP contribution is -2.31. The van der Waals surface area contributed by atoms with E-state index in [1.807, 2.05) is 19.0 Å². The molecule has 18 heavy (non-hydrogen) atoms. The molecule has 0 spiro atoms. The van der Waals surface area contributed by atoms with E-state index in [1.54, 1.807) is 25.3 Å². The van der Waals surface area contributed by atoms with Crippen molar-refractivity contribution in [1.29, 1.82) is 0 Å². The standard InChI is InChI=1S/C13H20N2O3/c1-15(2)8-7-14-13(16)11-6-5-10(17-3)9-12(11)18-4/h5-6,9H,7-8H2,1-4H3,(H,14,16). The van der Waals surface area contributed by atoms with Crippen LogP contribution in [0.25, 0.3) is 0 Å². The molecular weight excluding hydrogens is 232 g/mol. The second-order valence-corrected chi connectivity index (χ2v) is 4.13. The van der Waals surface area contributed by atoms with Gasteiger partial charge in [0.05, 0.1) is 19.8 Å². The van der Waals surface area contributed by atoms with Gasteiger partial charge in [-0.1, -0.05) is 0 Å². The maximum Gasteiger partial charge on any atom is 0.255 e. The van der Waals surface area contributed by atoms with E-state index in [0.29, 0.717) is 23.6 Å². The van der Waals surface area contributed by atoms with Gasteiger partial charge in [0.1, 0.15) is 11.5 Å². The largest absolute Gasteiger partial charge is 0.497 e. The molecule has 100 valence electrons. The highest BCUT2D eigenvalue weighted by molar-refractivity contribution is 5.97. The zero-order chi connectivity index (χ0) is 13.5. The summed E-state index contributed by atoms with van der Waals surface area (Å²) in [6.45, 7) is 1.39. The molecule has 0 aliphatic heterocycles. The number of carbonyl (C=O) groups is 1. The summed E-state index contributed by atoms with van der Waals surface area (Å²) in [7, 11) is 7.03. The first-order valence-electron chi connectivity index (χ1n) is 5.73. The van der Waals surface area contributed by atoms with Crippen molar-refractivity contribution in [3.8, 4) is 11.5 Å². The van der Waals surface area contributed by atoms with Gasteiger partial charge in [-0.2, -0.15) is 0 Å². The average molecular weight is 252 g/mol.